The molecule has 5 nitrogen and oxygen atoms in total. The molecule has 1 fully saturated rings. The molecule has 0 unspecified atom stereocenters. The largest absolute Gasteiger partial charge is 0.480 e. The molecule has 22 heavy (non-hydrogen) atoms. The van der Waals surface area contributed by atoms with E-state index in [0.717, 1.165) is 12.8 Å². The van der Waals surface area contributed by atoms with Gasteiger partial charge in [0.25, 0.3) is 5.91 Å². The molecule has 1 saturated carbocycles. The highest BCUT2D eigenvalue weighted by molar-refractivity contribution is 5.94. The summed E-state index contributed by atoms with van der Waals surface area (Å²) in [6.45, 7) is -0.337. The lowest BCUT2D eigenvalue weighted by atomic mass is 10.2. The van der Waals surface area contributed by atoms with Crippen molar-refractivity contribution in [3.8, 4) is 11.3 Å². The molecule has 0 spiro atoms. The highest BCUT2D eigenvalue weighted by Crippen LogP contribution is 2.29. The van der Waals surface area contributed by atoms with E-state index in [0.29, 0.717) is 11.3 Å². The smallest absolute Gasteiger partial charge is 0.323 e. The van der Waals surface area contributed by atoms with E-state index in [4.69, 9.17) is 9.52 Å². The number of carbonyl (C=O) groups excluding carboxylic acids is 1. The van der Waals surface area contributed by atoms with Crippen LogP contribution in [0.5, 0.6) is 0 Å². The van der Waals surface area contributed by atoms with Crippen molar-refractivity contribution in [2.45, 2.75) is 18.9 Å². The van der Waals surface area contributed by atoms with Gasteiger partial charge in [0.15, 0.2) is 5.76 Å². The number of furan rings is 1. The number of aliphatic carboxylic acids is 1. The summed E-state index contributed by atoms with van der Waals surface area (Å²) in [6, 6.07) is 8.82. The van der Waals surface area contributed by atoms with E-state index in [1.807, 2.05) is 0 Å². The molecule has 0 radical (unpaired) electrons. The maximum Gasteiger partial charge on any atom is 0.323 e. The van der Waals surface area contributed by atoms with Crippen LogP contribution in [-0.4, -0.2) is 34.5 Å². The Hall–Kier alpha value is -2.63. The minimum atomic E-state index is -1.05. The van der Waals surface area contributed by atoms with Gasteiger partial charge in [-0.25, -0.2) is 4.39 Å². The molecule has 0 saturated heterocycles. The third kappa shape index (κ3) is 3.00. The van der Waals surface area contributed by atoms with Gasteiger partial charge in [0.2, 0.25) is 0 Å². The van der Waals surface area contributed by atoms with Gasteiger partial charge in [0.05, 0.1) is 0 Å². The molecular weight excluding hydrogens is 289 g/mol. The maximum atomic E-state index is 12.9. The Morgan fingerprint density at radius 1 is 1.18 bits per heavy atom. The summed E-state index contributed by atoms with van der Waals surface area (Å²) in [7, 11) is 0. The number of benzene rings is 1. The van der Waals surface area contributed by atoms with E-state index in [1.54, 1.807) is 18.2 Å². The second-order valence-corrected chi connectivity index (χ2v) is 5.23. The number of hydrogen-bond donors (Lipinski definition) is 1. The van der Waals surface area contributed by atoms with Crippen molar-refractivity contribution in [3.63, 3.8) is 0 Å². The Balaban J connectivity index is 1.81. The van der Waals surface area contributed by atoms with Crippen LogP contribution >= 0.6 is 0 Å². The molecule has 2 aromatic rings. The second-order valence-electron chi connectivity index (χ2n) is 5.23. The normalized spacial score (nSPS) is 13.9. The van der Waals surface area contributed by atoms with Crippen LogP contribution in [0.4, 0.5) is 4.39 Å². The van der Waals surface area contributed by atoms with Crippen LogP contribution in [0.15, 0.2) is 40.8 Å². The molecule has 1 N–H and O–H groups in total. The van der Waals surface area contributed by atoms with Gasteiger partial charge in [0.1, 0.15) is 18.1 Å². The number of carbonyl (C=O) groups is 2. The van der Waals surface area contributed by atoms with Crippen molar-refractivity contribution < 1.29 is 23.5 Å². The molecule has 1 heterocycles. The lowest BCUT2D eigenvalue weighted by Gasteiger charge is -2.18. The molecule has 1 aromatic carbocycles. The van der Waals surface area contributed by atoms with Crippen molar-refractivity contribution >= 4 is 11.9 Å². The average molecular weight is 303 g/mol. The predicted octanol–water partition coefficient (Wildman–Crippen LogP) is 2.77. The van der Waals surface area contributed by atoms with Gasteiger partial charge in [-0.15, -0.1) is 0 Å². The van der Waals surface area contributed by atoms with Gasteiger partial charge >= 0.3 is 5.97 Å². The lowest BCUT2D eigenvalue weighted by molar-refractivity contribution is -0.137. The predicted molar refractivity (Wildman–Crippen MR) is 75.8 cm³/mol. The van der Waals surface area contributed by atoms with Gasteiger partial charge < -0.3 is 14.4 Å². The van der Waals surface area contributed by atoms with Crippen LogP contribution in [0.2, 0.25) is 0 Å². The molecule has 1 amide bonds. The van der Waals surface area contributed by atoms with Crippen molar-refractivity contribution in [2.75, 3.05) is 6.54 Å². The summed E-state index contributed by atoms with van der Waals surface area (Å²) in [4.78, 5) is 24.6. The average Bonchev–Trinajstić information content (AvgIpc) is 3.21. The van der Waals surface area contributed by atoms with Gasteiger partial charge in [-0.3, -0.25) is 9.59 Å². The van der Waals surface area contributed by atoms with Crippen LogP contribution in [0.1, 0.15) is 23.4 Å². The Kier molecular flexibility index (Phi) is 3.66. The first kappa shape index (κ1) is 14.3. The first-order chi connectivity index (χ1) is 10.5. The highest BCUT2D eigenvalue weighted by Gasteiger charge is 2.35. The van der Waals surface area contributed by atoms with E-state index in [2.05, 4.69) is 0 Å². The third-order valence-electron chi connectivity index (χ3n) is 3.50. The molecular formula is C16H14FNO4. The Morgan fingerprint density at radius 3 is 2.45 bits per heavy atom. The van der Waals surface area contributed by atoms with E-state index in [-0.39, 0.29) is 24.2 Å². The summed E-state index contributed by atoms with van der Waals surface area (Å²) in [6.07, 6.45) is 1.62. The summed E-state index contributed by atoms with van der Waals surface area (Å²) < 4.78 is 18.4. The lowest BCUT2D eigenvalue weighted by Crippen LogP contribution is -2.37. The molecule has 0 bridgehead atoms. The quantitative estimate of drug-likeness (QED) is 0.922. The van der Waals surface area contributed by atoms with Crippen LogP contribution < -0.4 is 0 Å². The van der Waals surface area contributed by atoms with E-state index >= 15 is 0 Å². The first-order valence-electron chi connectivity index (χ1n) is 6.93. The number of halogens is 1. The van der Waals surface area contributed by atoms with Crippen molar-refractivity contribution in [2.24, 2.45) is 0 Å². The van der Waals surface area contributed by atoms with Crippen molar-refractivity contribution in [1.82, 2.24) is 4.90 Å². The fourth-order valence-corrected chi connectivity index (χ4v) is 2.26. The highest BCUT2D eigenvalue weighted by atomic mass is 19.1. The van der Waals surface area contributed by atoms with Gasteiger partial charge in [0, 0.05) is 11.6 Å². The summed E-state index contributed by atoms with van der Waals surface area (Å²) >= 11 is 0. The van der Waals surface area contributed by atoms with Crippen molar-refractivity contribution in [1.29, 1.82) is 0 Å². The van der Waals surface area contributed by atoms with Gasteiger partial charge in [-0.05, 0) is 49.2 Å². The number of carboxylic acids is 1. The number of nitrogens with zero attached hydrogens (tertiary/aromatic N) is 1. The zero-order valence-electron chi connectivity index (χ0n) is 11.7. The molecule has 1 aliphatic rings. The van der Waals surface area contributed by atoms with Crippen molar-refractivity contribution in [3.05, 3.63) is 48.0 Å². The van der Waals surface area contributed by atoms with Crippen LogP contribution in [-0.2, 0) is 4.79 Å². The summed E-state index contributed by atoms with van der Waals surface area (Å²) in [5, 5.41) is 8.91. The van der Waals surface area contributed by atoms with Crippen LogP contribution in [0, 0.1) is 5.82 Å². The Labute approximate surface area is 126 Å². The SMILES string of the molecule is O=C(O)CN(C(=O)c1ccc(-c2ccc(F)cc2)o1)C1CC1. The molecule has 0 aliphatic heterocycles. The topological polar surface area (TPSA) is 70.8 Å². The Bertz CT molecular complexity index is 703. The summed E-state index contributed by atoms with van der Waals surface area (Å²) in [5.41, 5.74) is 0.650. The van der Waals surface area contributed by atoms with Crippen LogP contribution in [0.3, 0.4) is 0 Å². The van der Waals surface area contributed by atoms with E-state index in [1.165, 1.54) is 23.1 Å². The van der Waals surface area contributed by atoms with Crippen LogP contribution in [0.25, 0.3) is 11.3 Å². The molecule has 6 heteroatoms. The molecule has 114 valence electrons. The van der Waals surface area contributed by atoms with Gasteiger partial charge in [-0.2, -0.15) is 0 Å². The molecule has 1 aliphatic carbocycles. The zero-order chi connectivity index (χ0) is 15.7. The number of amides is 1. The Morgan fingerprint density at radius 2 is 1.86 bits per heavy atom. The number of rotatable bonds is 5. The molecule has 1 aromatic heterocycles. The summed E-state index contributed by atoms with van der Waals surface area (Å²) in [5.74, 6) is -1.31. The third-order valence-corrected chi connectivity index (χ3v) is 3.50. The standard InChI is InChI=1S/C16H14FNO4/c17-11-3-1-10(2-4-11)13-7-8-14(22-13)16(21)18(9-15(19)20)12-5-6-12/h1-4,7-8,12H,5-6,9H2,(H,19,20). The fourth-order valence-electron chi connectivity index (χ4n) is 2.26. The fraction of sp³-hybridized carbons (Fsp3) is 0.250. The maximum absolute atomic E-state index is 12.9. The van der Waals surface area contributed by atoms with E-state index in [9.17, 15) is 14.0 Å². The first-order valence-corrected chi connectivity index (χ1v) is 6.93. The van der Waals surface area contributed by atoms with Gasteiger partial charge in [-0.1, -0.05) is 0 Å². The minimum absolute atomic E-state index is 0.0250. The number of carboxylic acid groups (broad SMARTS) is 1. The molecule has 3 rings (SSSR count). The molecule has 0 atom stereocenters. The minimum Gasteiger partial charge on any atom is -0.480 e. The zero-order valence-corrected chi connectivity index (χ0v) is 11.7. The van der Waals surface area contributed by atoms with E-state index < -0.39 is 11.9 Å². The number of hydrogen-bond acceptors (Lipinski definition) is 3. The second kappa shape index (κ2) is 5.63. The monoisotopic (exact) mass is 303 g/mol.